The Morgan fingerprint density at radius 3 is 2.58 bits per heavy atom. The van der Waals surface area contributed by atoms with E-state index in [2.05, 4.69) is 0 Å². The number of carboxylic acids is 1. The SMILES string of the molecule is Cc1cc(N)ccc1C1=CC=C(N)CC1(C)C(=O)O. The summed E-state index contributed by atoms with van der Waals surface area (Å²) in [4.78, 5) is 11.6. The van der Waals surface area contributed by atoms with E-state index in [0.29, 0.717) is 17.8 Å². The average molecular weight is 258 g/mol. The largest absolute Gasteiger partial charge is 0.481 e. The third-order valence-corrected chi connectivity index (χ3v) is 3.63. The molecule has 0 aliphatic heterocycles. The van der Waals surface area contributed by atoms with E-state index in [1.807, 2.05) is 19.1 Å². The van der Waals surface area contributed by atoms with Gasteiger partial charge in [0.2, 0.25) is 0 Å². The molecule has 0 bridgehead atoms. The van der Waals surface area contributed by atoms with Crippen LogP contribution in [0.4, 0.5) is 5.69 Å². The van der Waals surface area contributed by atoms with Crippen molar-refractivity contribution in [2.75, 3.05) is 5.73 Å². The van der Waals surface area contributed by atoms with E-state index < -0.39 is 11.4 Å². The molecule has 1 aliphatic carbocycles. The molecule has 2 rings (SSSR count). The fourth-order valence-electron chi connectivity index (χ4n) is 2.50. The van der Waals surface area contributed by atoms with Crippen molar-refractivity contribution in [3.8, 4) is 0 Å². The summed E-state index contributed by atoms with van der Waals surface area (Å²) in [7, 11) is 0. The lowest BCUT2D eigenvalue weighted by molar-refractivity contribution is -0.144. The molecule has 0 saturated carbocycles. The highest BCUT2D eigenvalue weighted by atomic mass is 16.4. The molecule has 5 N–H and O–H groups in total. The van der Waals surface area contributed by atoms with Gasteiger partial charge in [-0.05, 0) is 48.8 Å². The van der Waals surface area contributed by atoms with Gasteiger partial charge >= 0.3 is 5.97 Å². The second kappa shape index (κ2) is 4.46. The van der Waals surface area contributed by atoms with Crippen LogP contribution in [0, 0.1) is 12.3 Å². The Hall–Kier alpha value is -2.23. The van der Waals surface area contributed by atoms with Crippen molar-refractivity contribution in [1.29, 1.82) is 0 Å². The number of nitrogen functional groups attached to an aromatic ring is 1. The van der Waals surface area contributed by atoms with Gasteiger partial charge in [-0.2, -0.15) is 0 Å². The molecule has 0 amide bonds. The van der Waals surface area contributed by atoms with Crippen LogP contribution < -0.4 is 11.5 Å². The number of benzene rings is 1. The standard InChI is InChI=1S/C15H18N2O2/c1-9-7-10(16)3-5-12(9)13-6-4-11(17)8-15(13,2)14(18)19/h3-7H,8,16-17H2,1-2H3,(H,18,19). The molecule has 19 heavy (non-hydrogen) atoms. The highest BCUT2D eigenvalue weighted by Crippen LogP contribution is 2.43. The van der Waals surface area contributed by atoms with Crippen LogP contribution >= 0.6 is 0 Å². The van der Waals surface area contributed by atoms with Crippen LogP contribution in [-0.2, 0) is 4.79 Å². The van der Waals surface area contributed by atoms with Crippen molar-refractivity contribution in [2.24, 2.45) is 11.1 Å². The highest BCUT2D eigenvalue weighted by Gasteiger charge is 2.40. The number of carboxylic acid groups (broad SMARTS) is 1. The average Bonchev–Trinajstić information content (AvgIpc) is 2.30. The van der Waals surface area contributed by atoms with Crippen molar-refractivity contribution in [2.45, 2.75) is 20.3 Å². The van der Waals surface area contributed by atoms with Gasteiger partial charge in [0.05, 0.1) is 5.41 Å². The summed E-state index contributed by atoms with van der Waals surface area (Å²) >= 11 is 0. The van der Waals surface area contributed by atoms with Gasteiger partial charge in [0.15, 0.2) is 0 Å². The Kier molecular flexibility index (Phi) is 3.10. The first-order valence-electron chi connectivity index (χ1n) is 6.11. The highest BCUT2D eigenvalue weighted by molar-refractivity contribution is 5.94. The number of hydrogen-bond donors (Lipinski definition) is 3. The van der Waals surface area contributed by atoms with Crippen molar-refractivity contribution in [1.82, 2.24) is 0 Å². The van der Waals surface area contributed by atoms with E-state index in [-0.39, 0.29) is 0 Å². The Morgan fingerprint density at radius 1 is 1.32 bits per heavy atom. The minimum absolute atomic E-state index is 0.317. The number of aryl methyl sites for hydroxylation is 1. The topological polar surface area (TPSA) is 89.3 Å². The van der Waals surface area contributed by atoms with E-state index in [4.69, 9.17) is 11.5 Å². The molecule has 1 atom stereocenters. The molecule has 4 heteroatoms. The van der Waals surface area contributed by atoms with Crippen molar-refractivity contribution in [3.63, 3.8) is 0 Å². The minimum Gasteiger partial charge on any atom is -0.481 e. The lowest BCUT2D eigenvalue weighted by Crippen LogP contribution is -2.32. The summed E-state index contributed by atoms with van der Waals surface area (Å²) in [6.45, 7) is 3.63. The van der Waals surface area contributed by atoms with E-state index >= 15 is 0 Å². The molecule has 100 valence electrons. The van der Waals surface area contributed by atoms with Gasteiger partial charge in [-0.25, -0.2) is 0 Å². The molecule has 0 radical (unpaired) electrons. The van der Waals surface area contributed by atoms with E-state index in [0.717, 1.165) is 16.7 Å². The Labute approximate surface area is 112 Å². The Bertz CT molecular complexity index is 602. The van der Waals surface area contributed by atoms with Crippen LogP contribution in [0.15, 0.2) is 36.0 Å². The molecular weight excluding hydrogens is 240 g/mol. The van der Waals surface area contributed by atoms with Gasteiger partial charge in [0.1, 0.15) is 0 Å². The predicted octanol–water partition coefficient (Wildman–Crippen LogP) is 2.30. The Morgan fingerprint density at radius 2 is 2.00 bits per heavy atom. The molecule has 1 aromatic carbocycles. The number of hydrogen-bond acceptors (Lipinski definition) is 3. The zero-order chi connectivity index (χ0) is 14.2. The fourth-order valence-corrected chi connectivity index (χ4v) is 2.50. The van der Waals surface area contributed by atoms with Crippen LogP contribution in [0.5, 0.6) is 0 Å². The molecule has 1 aromatic rings. The van der Waals surface area contributed by atoms with Crippen LogP contribution in [0.2, 0.25) is 0 Å². The number of aliphatic carboxylic acids is 1. The molecule has 0 spiro atoms. The zero-order valence-corrected chi connectivity index (χ0v) is 11.1. The van der Waals surface area contributed by atoms with Crippen molar-refractivity contribution >= 4 is 17.2 Å². The number of nitrogens with two attached hydrogens (primary N) is 2. The summed E-state index contributed by atoms with van der Waals surface area (Å²) in [5.41, 5.74) is 14.4. The fraction of sp³-hybridized carbons (Fsp3) is 0.267. The number of rotatable bonds is 2. The molecule has 1 unspecified atom stereocenters. The first-order valence-corrected chi connectivity index (χ1v) is 6.11. The third-order valence-electron chi connectivity index (χ3n) is 3.63. The summed E-state index contributed by atoms with van der Waals surface area (Å²) in [5, 5.41) is 9.54. The first kappa shape index (κ1) is 13.2. The van der Waals surface area contributed by atoms with Crippen molar-refractivity contribution < 1.29 is 9.90 Å². The van der Waals surface area contributed by atoms with Crippen LogP contribution in [0.1, 0.15) is 24.5 Å². The lowest BCUT2D eigenvalue weighted by Gasteiger charge is -2.31. The molecule has 4 nitrogen and oxygen atoms in total. The maximum atomic E-state index is 11.6. The number of anilines is 1. The monoisotopic (exact) mass is 258 g/mol. The molecule has 0 aromatic heterocycles. The van der Waals surface area contributed by atoms with Crippen LogP contribution in [0.25, 0.3) is 5.57 Å². The second-order valence-electron chi connectivity index (χ2n) is 5.21. The van der Waals surface area contributed by atoms with Gasteiger partial charge < -0.3 is 16.6 Å². The van der Waals surface area contributed by atoms with E-state index in [1.54, 1.807) is 25.1 Å². The minimum atomic E-state index is -1.00. The quantitative estimate of drug-likeness (QED) is 0.710. The summed E-state index contributed by atoms with van der Waals surface area (Å²) in [6.07, 6.45) is 3.89. The summed E-state index contributed by atoms with van der Waals surface area (Å²) in [5.74, 6) is -0.869. The number of allylic oxidation sites excluding steroid dienone is 3. The van der Waals surface area contributed by atoms with Crippen LogP contribution in [-0.4, -0.2) is 11.1 Å². The maximum absolute atomic E-state index is 11.6. The van der Waals surface area contributed by atoms with Gasteiger partial charge in [-0.1, -0.05) is 12.1 Å². The van der Waals surface area contributed by atoms with Gasteiger partial charge in [-0.15, -0.1) is 0 Å². The summed E-state index contributed by atoms with van der Waals surface area (Å²) < 4.78 is 0. The van der Waals surface area contributed by atoms with Gasteiger partial charge in [0.25, 0.3) is 0 Å². The maximum Gasteiger partial charge on any atom is 0.314 e. The first-order chi connectivity index (χ1) is 8.84. The van der Waals surface area contributed by atoms with E-state index in [1.165, 1.54) is 0 Å². The third kappa shape index (κ3) is 2.21. The molecule has 0 heterocycles. The molecule has 1 aliphatic rings. The Balaban J connectivity index is 2.60. The molecule has 0 saturated heterocycles. The smallest absolute Gasteiger partial charge is 0.314 e. The lowest BCUT2D eigenvalue weighted by atomic mass is 9.72. The van der Waals surface area contributed by atoms with Crippen LogP contribution in [0.3, 0.4) is 0 Å². The summed E-state index contributed by atoms with van der Waals surface area (Å²) in [6, 6.07) is 5.50. The van der Waals surface area contributed by atoms with Gasteiger partial charge in [0, 0.05) is 17.8 Å². The van der Waals surface area contributed by atoms with Gasteiger partial charge in [-0.3, -0.25) is 4.79 Å². The second-order valence-corrected chi connectivity index (χ2v) is 5.21. The molecular formula is C15H18N2O2. The molecule has 0 fully saturated rings. The predicted molar refractivity (Wildman–Crippen MR) is 76.2 cm³/mol. The number of carbonyl (C=O) groups is 1. The zero-order valence-electron chi connectivity index (χ0n) is 11.1. The van der Waals surface area contributed by atoms with E-state index in [9.17, 15) is 9.90 Å². The normalized spacial score (nSPS) is 22.6. The van der Waals surface area contributed by atoms with Crippen molar-refractivity contribution in [3.05, 3.63) is 47.2 Å².